The summed E-state index contributed by atoms with van der Waals surface area (Å²) in [7, 11) is 0. The molecule has 3 nitrogen and oxygen atoms in total. The standard InChI is InChI=1S/C10H14O3/c1-6(2)10(13)7(3)5-9(12)8(4)11/h6H,3,5H2,1-2,4H3. The molecular formula is C10H14O3. The smallest absolute Gasteiger partial charge is 0.202 e. The molecule has 0 saturated carbocycles. The van der Waals surface area contributed by atoms with Crippen molar-refractivity contribution in [3.05, 3.63) is 12.2 Å². The summed E-state index contributed by atoms with van der Waals surface area (Å²) >= 11 is 0. The van der Waals surface area contributed by atoms with Gasteiger partial charge in [-0.15, -0.1) is 0 Å². The first-order valence-corrected chi connectivity index (χ1v) is 4.12. The van der Waals surface area contributed by atoms with E-state index in [0.717, 1.165) is 0 Å². The Morgan fingerprint density at radius 2 is 1.69 bits per heavy atom. The number of allylic oxidation sites excluding steroid dienone is 1. The molecule has 0 aliphatic rings. The summed E-state index contributed by atoms with van der Waals surface area (Å²) in [5, 5.41) is 0. The molecule has 0 bridgehead atoms. The molecule has 0 atom stereocenters. The zero-order valence-electron chi connectivity index (χ0n) is 8.22. The van der Waals surface area contributed by atoms with Gasteiger partial charge in [0.25, 0.3) is 0 Å². The quantitative estimate of drug-likeness (QED) is 0.476. The molecule has 0 aromatic rings. The van der Waals surface area contributed by atoms with Crippen LogP contribution in [0.5, 0.6) is 0 Å². The summed E-state index contributed by atoms with van der Waals surface area (Å²) in [5.41, 5.74) is 0.218. The van der Waals surface area contributed by atoms with Gasteiger partial charge < -0.3 is 0 Å². The van der Waals surface area contributed by atoms with Gasteiger partial charge in [0.05, 0.1) is 0 Å². The molecule has 0 aliphatic carbocycles. The van der Waals surface area contributed by atoms with E-state index in [1.54, 1.807) is 13.8 Å². The summed E-state index contributed by atoms with van der Waals surface area (Å²) in [6.07, 6.45) is -0.146. The molecule has 0 aromatic carbocycles. The van der Waals surface area contributed by atoms with Gasteiger partial charge in [-0.25, -0.2) is 0 Å². The van der Waals surface area contributed by atoms with E-state index in [4.69, 9.17) is 0 Å². The summed E-state index contributed by atoms with van der Waals surface area (Å²) in [5.74, 6) is -1.42. The maximum atomic E-state index is 11.2. The van der Waals surface area contributed by atoms with Crippen LogP contribution in [0.2, 0.25) is 0 Å². The average molecular weight is 182 g/mol. The average Bonchev–Trinajstić information content (AvgIpc) is 2.02. The van der Waals surface area contributed by atoms with E-state index in [1.807, 2.05) is 0 Å². The van der Waals surface area contributed by atoms with Crippen molar-refractivity contribution in [3.8, 4) is 0 Å². The fourth-order valence-corrected chi connectivity index (χ4v) is 0.814. The fraction of sp³-hybridized carbons (Fsp3) is 0.500. The minimum absolute atomic E-state index is 0.146. The third-order valence-corrected chi connectivity index (χ3v) is 1.64. The zero-order valence-corrected chi connectivity index (χ0v) is 8.22. The highest BCUT2D eigenvalue weighted by Gasteiger charge is 2.16. The largest absolute Gasteiger partial charge is 0.294 e. The molecule has 0 aromatic heterocycles. The van der Waals surface area contributed by atoms with E-state index in [0.29, 0.717) is 0 Å². The summed E-state index contributed by atoms with van der Waals surface area (Å²) in [6.45, 7) is 8.12. The van der Waals surface area contributed by atoms with Crippen LogP contribution in [0.4, 0.5) is 0 Å². The Bertz CT molecular complexity index is 261. The summed E-state index contributed by atoms with van der Waals surface area (Å²) < 4.78 is 0. The van der Waals surface area contributed by atoms with Crippen LogP contribution < -0.4 is 0 Å². The highest BCUT2D eigenvalue weighted by Crippen LogP contribution is 2.08. The predicted octanol–water partition coefficient (Wildman–Crippen LogP) is 1.32. The molecule has 0 radical (unpaired) electrons. The van der Waals surface area contributed by atoms with Crippen molar-refractivity contribution in [1.82, 2.24) is 0 Å². The van der Waals surface area contributed by atoms with Gasteiger partial charge in [0.2, 0.25) is 5.78 Å². The van der Waals surface area contributed by atoms with Crippen LogP contribution in [-0.2, 0) is 14.4 Å². The minimum atomic E-state index is -0.556. The summed E-state index contributed by atoms with van der Waals surface area (Å²) in [6, 6.07) is 0. The van der Waals surface area contributed by atoms with Gasteiger partial charge in [0.1, 0.15) is 0 Å². The molecule has 0 fully saturated rings. The van der Waals surface area contributed by atoms with Gasteiger partial charge in [-0.2, -0.15) is 0 Å². The Hall–Kier alpha value is -1.25. The SMILES string of the molecule is C=C(CC(=O)C(C)=O)C(=O)C(C)C. The van der Waals surface area contributed by atoms with Crippen molar-refractivity contribution in [2.75, 3.05) is 0 Å². The number of rotatable bonds is 5. The first-order valence-electron chi connectivity index (χ1n) is 4.12. The molecule has 0 heterocycles. The normalized spacial score (nSPS) is 9.85. The second-order valence-electron chi connectivity index (χ2n) is 3.28. The lowest BCUT2D eigenvalue weighted by molar-refractivity contribution is -0.135. The van der Waals surface area contributed by atoms with Crippen LogP contribution in [0.1, 0.15) is 27.2 Å². The third-order valence-electron chi connectivity index (χ3n) is 1.64. The number of hydrogen-bond donors (Lipinski definition) is 0. The van der Waals surface area contributed by atoms with E-state index in [-0.39, 0.29) is 23.7 Å². The molecule has 0 spiro atoms. The Labute approximate surface area is 77.8 Å². The molecular weight excluding hydrogens is 168 g/mol. The predicted molar refractivity (Wildman–Crippen MR) is 49.3 cm³/mol. The number of Topliss-reactive ketones (excluding diaryl/α,β-unsaturated/α-hetero) is 3. The van der Waals surface area contributed by atoms with Gasteiger partial charge in [-0.1, -0.05) is 20.4 Å². The second-order valence-corrected chi connectivity index (χ2v) is 3.28. The van der Waals surface area contributed by atoms with Crippen LogP contribution in [-0.4, -0.2) is 17.3 Å². The van der Waals surface area contributed by atoms with Gasteiger partial charge in [0, 0.05) is 19.3 Å². The van der Waals surface area contributed by atoms with Crippen LogP contribution in [0.15, 0.2) is 12.2 Å². The maximum Gasteiger partial charge on any atom is 0.202 e. The van der Waals surface area contributed by atoms with Crippen molar-refractivity contribution in [1.29, 1.82) is 0 Å². The first-order chi connectivity index (χ1) is 5.86. The number of carbonyl (C=O) groups excluding carboxylic acids is 3. The van der Waals surface area contributed by atoms with Gasteiger partial charge in [-0.3, -0.25) is 14.4 Å². The van der Waals surface area contributed by atoms with Gasteiger partial charge in [-0.05, 0) is 5.57 Å². The molecule has 0 rings (SSSR count). The lowest BCUT2D eigenvalue weighted by atomic mass is 9.97. The minimum Gasteiger partial charge on any atom is -0.294 e. The zero-order chi connectivity index (χ0) is 10.6. The number of carbonyl (C=O) groups is 3. The van der Waals surface area contributed by atoms with Gasteiger partial charge in [0.15, 0.2) is 11.6 Å². The topological polar surface area (TPSA) is 51.2 Å². The fourth-order valence-electron chi connectivity index (χ4n) is 0.814. The molecule has 72 valence electrons. The van der Waals surface area contributed by atoms with Crippen LogP contribution in [0.25, 0.3) is 0 Å². The number of hydrogen-bond acceptors (Lipinski definition) is 3. The summed E-state index contributed by atoms with van der Waals surface area (Å²) in [4.78, 5) is 32.7. The van der Waals surface area contributed by atoms with Crippen molar-refractivity contribution in [2.24, 2.45) is 5.92 Å². The van der Waals surface area contributed by atoms with Crippen LogP contribution in [0, 0.1) is 5.92 Å². The van der Waals surface area contributed by atoms with Crippen molar-refractivity contribution in [2.45, 2.75) is 27.2 Å². The highest BCUT2D eigenvalue weighted by atomic mass is 16.2. The Balaban J connectivity index is 4.25. The molecule has 0 saturated heterocycles. The third kappa shape index (κ3) is 3.78. The van der Waals surface area contributed by atoms with Gasteiger partial charge >= 0.3 is 0 Å². The molecule has 3 heteroatoms. The molecule has 0 N–H and O–H groups in total. The second kappa shape index (κ2) is 4.70. The van der Waals surface area contributed by atoms with Crippen LogP contribution >= 0.6 is 0 Å². The van der Waals surface area contributed by atoms with Crippen molar-refractivity contribution < 1.29 is 14.4 Å². The Kier molecular flexibility index (Phi) is 4.25. The number of ketones is 3. The van der Waals surface area contributed by atoms with E-state index in [2.05, 4.69) is 6.58 Å². The van der Waals surface area contributed by atoms with E-state index in [9.17, 15) is 14.4 Å². The lowest BCUT2D eigenvalue weighted by Crippen LogP contribution is -2.16. The highest BCUT2D eigenvalue weighted by molar-refractivity contribution is 6.37. The Morgan fingerprint density at radius 1 is 1.23 bits per heavy atom. The molecule has 0 unspecified atom stereocenters. The lowest BCUT2D eigenvalue weighted by Gasteiger charge is -2.05. The maximum absolute atomic E-state index is 11.2. The van der Waals surface area contributed by atoms with E-state index >= 15 is 0 Å². The molecule has 0 amide bonds. The molecule has 13 heavy (non-hydrogen) atoms. The monoisotopic (exact) mass is 182 g/mol. The molecule has 0 aliphatic heterocycles. The van der Waals surface area contributed by atoms with Crippen molar-refractivity contribution >= 4 is 17.3 Å². The Morgan fingerprint density at radius 3 is 2.00 bits per heavy atom. The van der Waals surface area contributed by atoms with E-state index in [1.165, 1.54) is 6.92 Å². The van der Waals surface area contributed by atoms with E-state index < -0.39 is 11.6 Å². The van der Waals surface area contributed by atoms with Crippen LogP contribution in [0.3, 0.4) is 0 Å². The van der Waals surface area contributed by atoms with Crippen molar-refractivity contribution in [3.63, 3.8) is 0 Å². The first kappa shape index (κ1) is 11.8.